The SMILES string of the molecule is CCCNC(=O)C(CC)N(Cc1cccc(C)c1)C(=O)CN(c1ccc(C(C)C)cc1)S(=O)(=O)c1ccccc1. The number of aryl methyl sites for hydroxylation is 1. The van der Waals surface area contributed by atoms with Crippen molar-refractivity contribution in [3.63, 3.8) is 0 Å². The molecule has 40 heavy (non-hydrogen) atoms. The summed E-state index contributed by atoms with van der Waals surface area (Å²) < 4.78 is 29.0. The number of amides is 2. The predicted octanol–water partition coefficient (Wildman–Crippen LogP) is 5.65. The van der Waals surface area contributed by atoms with E-state index in [1.54, 1.807) is 30.3 Å². The minimum absolute atomic E-state index is 0.0914. The molecule has 0 saturated heterocycles. The van der Waals surface area contributed by atoms with E-state index in [-0.39, 0.29) is 23.3 Å². The van der Waals surface area contributed by atoms with Gasteiger partial charge < -0.3 is 10.2 Å². The second-order valence-corrected chi connectivity index (χ2v) is 12.2. The van der Waals surface area contributed by atoms with Crippen LogP contribution in [0, 0.1) is 6.92 Å². The minimum Gasteiger partial charge on any atom is -0.354 e. The molecular weight excluding hydrogens is 522 g/mol. The molecule has 8 heteroatoms. The molecule has 1 atom stereocenters. The fourth-order valence-corrected chi connectivity index (χ4v) is 6.00. The highest BCUT2D eigenvalue weighted by atomic mass is 32.2. The molecule has 1 N–H and O–H groups in total. The second kappa shape index (κ2) is 14.1. The van der Waals surface area contributed by atoms with Crippen molar-refractivity contribution in [3.05, 3.63) is 95.6 Å². The lowest BCUT2D eigenvalue weighted by molar-refractivity contribution is -0.140. The number of carbonyl (C=O) groups excluding carboxylic acids is 2. The van der Waals surface area contributed by atoms with Gasteiger partial charge in [0.1, 0.15) is 12.6 Å². The third kappa shape index (κ3) is 7.72. The fraction of sp³-hybridized carbons (Fsp3) is 0.375. The zero-order valence-electron chi connectivity index (χ0n) is 24.1. The molecule has 0 aliphatic rings. The molecule has 3 aromatic carbocycles. The lowest BCUT2D eigenvalue weighted by Crippen LogP contribution is -2.52. The molecule has 0 aromatic heterocycles. The topological polar surface area (TPSA) is 86.8 Å². The first-order valence-corrected chi connectivity index (χ1v) is 15.3. The van der Waals surface area contributed by atoms with E-state index in [0.717, 1.165) is 27.4 Å². The summed E-state index contributed by atoms with van der Waals surface area (Å²) in [6, 6.07) is 22.4. The predicted molar refractivity (Wildman–Crippen MR) is 161 cm³/mol. The van der Waals surface area contributed by atoms with Crippen LogP contribution in [0.5, 0.6) is 0 Å². The van der Waals surface area contributed by atoms with E-state index in [0.29, 0.717) is 18.7 Å². The summed E-state index contributed by atoms with van der Waals surface area (Å²) >= 11 is 0. The Hall–Kier alpha value is -3.65. The maximum absolute atomic E-state index is 14.1. The summed E-state index contributed by atoms with van der Waals surface area (Å²) in [5.74, 6) is -0.428. The van der Waals surface area contributed by atoms with Crippen LogP contribution >= 0.6 is 0 Å². The van der Waals surface area contributed by atoms with Crippen molar-refractivity contribution in [2.45, 2.75) is 70.9 Å². The van der Waals surface area contributed by atoms with Gasteiger partial charge >= 0.3 is 0 Å². The molecule has 214 valence electrons. The van der Waals surface area contributed by atoms with Gasteiger partial charge in [-0.3, -0.25) is 13.9 Å². The van der Waals surface area contributed by atoms with Gasteiger partial charge in [-0.15, -0.1) is 0 Å². The molecule has 3 rings (SSSR count). The number of nitrogens with one attached hydrogen (secondary N) is 1. The normalized spacial score (nSPS) is 12.2. The highest BCUT2D eigenvalue weighted by molar-refractivity contribution is 7.92. The first-order valence-electron chi connectivity index (χ1n) is 13.9. The number of rotatable bonds is 13. The molecule has 0 bridgehead atoms. The Morgan fingerprint density at radius 2 is 1.57 bits per heavy atom. The third-order valence-electron chi connectivity index (χ3n) is 6.83. The van der Waals surface area contributed by atoms with Gasteiger partial charge in [0.15, 0.2) is 0 Å². The van der Waals surface area contributed by atoms with Crippen LogP contribution < -0.4 is 9.62 Å². The van der Waals surface area contributed by atoms with Crippen molar-refractivity contribution >= 4 is 27.5 Å². The van der Waals surface area contributed by atoms with Crippen LogP contribution in [0.1, 0.15) is 63.1 Å². The highest BCUT2D eigenvalue weighted by Crippen LogP contribution is 2.27. The van der Waals surface area contributed by atoms with Gasteiger partial charge in [-0.1, -0.05) is 87.9 Å². The summed E-state index contributed by atoms with van der Waals surface area (Å²) in [4.78, 5) is 28.9. The Morgan fingerprint density at radius 3 is 2.15 bits per heavy atom. The maximum atomic E-state index is 14.1. The summed E-state index contributed by atoms with van der Waals surface area (Å²) in [6.45, 7) is 10.2. The van der Waals surface area contributed by atoms with Crippen molar-refractivity contribution in [1.29, 1.82) is 0 Å². The molecule has 0 aliphatic heterocycles. The van der Waals surface area contributed by atoms with Crippen molar-refractivity contribution < 1.29 is 18.0 Å². The lowest BCUT2D eigenvalue weighted by Gasteiger charge is -2.33. The molecule has 1 unspecified atom stereocenters. The van der Waals surface area contributed by atoms with Crippen LogP contribution in [0.4, 0.5) is 5.69 Å². The lowest BCUT2D eigenvalue weighted by atomic mass is 10.0. The molecule has 3 aromatic rings. The van der Waals surface area contributed by atoms with Crippen LogP contribution in [-0.2, 0) is 26.2 Å². The number of sulfonamides is 1. The van der Waals surface area contributed by atoms with Crippen molar-refractivity contribution in [3.8, 4) is 0 Å². The summed E-state index contributed by atoms with van der Waals surface area (Å²) in [5, 5.41) is 2.91. The Labute approximate surface area is 239 Å². The zero-order valence-corrected chi connectivity index (χ0v) is 24.9. The van der Waals surface area contributed by atoms with E-state index in [9.17, 15) is 18.0 Å². The van der Waals surface area contributed by atoms with Crippen LogP contribution in [0.3, 0.4) is 0 Å². The smallest absolute Gasteiger partial charge is 0.264 e. The van der Waals surface area contributed by atoms with Crippen LogP contribution in [0.2, 0.25) is 0 Å². The van der Waals surface area contributed by atoms with Crippen molar-refractivity contribution in [2.24, 2.45) is 0 Å². The molecule has 0 saturated carbocycles. The van der Waals surface area contributed by atoms with Gasteiger partial charge in [-0.25, -0.2) is 8.42 Å². The molecule has 7 nitrogen and oxygen atoms in total. The van der Waals surface area contributed by atoms with Gasteiger partial charge in [0, 0.05) is 13.1 Å². The fourth-order valence-electron chi connectivity index (χ4n) is 4.57. The number of nitrogens with zero attached hydrogens (tertiary/aromatic N) is 2. The summed E-state index contributed by atoms with van der Waals surface area (Å²) in [5.41, 5.74) is 3.35. The largest absolute Gasteiger partial charge is 0.354 e. The quantitative estimate of drug-likeness (QED) is 0.291. The van der Waals surface area contributed by atoms with E-state index < -0.39 is 28.5 Å². The summed E-state index contributed by atoms with van der Waals surface area (Å²) in [7, 11) is -4.08. The maximum Gasteiger partial charge on any atom is 0.264 e. The Kier molecular flexibility index (Phi) is 10.9. The van der Waals surface area contributed by atoms with E-state index in [4.69, 9.17) is 0 Å². The number of anilines is 1. The first kappa shape index (κ1) is 30.9. The molecule has 0 aliphatic carbocycles. The molecular formula is C32H41N3O4S. The van der Waals surface area contributed by atoms with Crippen molar-refractivity contribution in [2.75, 3.05) is 17.4 Å². The number of hydrogen-bond acceptors (Lipinski definition) is 4. The van der Waals surface area contributed by atoms with E-state index in [2.05, 4.69) is 19.2 Å². The molecule has 0 heterocycles. The number of benzene rings is 3. The van der Waals surface area contributed by atoms with E-state index >= 15 is 0 Å². The monoisotopic (exact) mass is 563 g/mol. The standard InChI is InChI=1S/C32H41N3O4S/c1-6-20-33-32(37)30(7-2)34(22-26-13-11-12-25(5)21-26)31(36)23-35(28-18-16-27(17-19-28)24(3)4)40(38,39)29-14-9-8-10-15-29/h8-19,21,24,30H,6-7,20,22-23H2,1-5H3,(H,33,37). The Morgan fingerprint density at radius 1 is 0.900 bits per heavy atom. The third-order valence-corrected chi connectivity index (χ3v) is 8.62. The molecule has 2 amide bonds. The number of hydrogen-bond donors (Lipinski definition) is 1. The van der Waals surface area contributed by atoms with Gasteiger partial charge in [0.25, 0.3) is 10.0 Å². The molecule has 0 fully saturated rings. The summed E-state index contributed by atoms with van der Waals surface area (Å²) in [6.07, 6.45) is 1.16. The van der Waals surface area contributed by atoms with E-state index in [1.807, 2.05) is 57.2 Å². The Balaban J connectivity index is 2.05. The zero-order chi connectivity index (χ0) is 29.3. The van der Waals surface area contributed by atoms with E-state index in [1.165, 1.54) is 17.0 Å². The van der Waals surface area contributed by atoms with Crippen LogP contribution in [0.15, 0.2) is 83.8 Å². The first-order chi connectivity index (χ1) is 19.1. The minimum atomic E-state index is -4.08. The Bertz CT molecular complexity index is 1370. The van der Waals surface area contributed by atoms with Gasteiger partial charge in [-0.05, 0) is 61.1 Å². The average molecular weight is 564 g/mol. The van der Waals surface area contributed by atoms with Crippen LogP contribution in [-0.4, -0.2) is 44.3 Å². The van der Waals surface area contributed by atoms with Crippen LogP contribution in [0.25, 0.3) is 0 Å². The molecule has 0 radical (unpaired) electrons. The van der Waals surface area contributed by atoms with Crippen molar-refractivity contribution in [1.82, 2.24) is 10.2 Å². The number of carbonyl (C=O) groups is 2. The van der Waals surface area contributed by atoms with Gasteiger partial charge in [-0.2, -0.15) is 0 Å². The highest BCUT2D eigenvalue weighted by Gasteiger charge is 2.33. The average Bonchev–Trinajstić information content (AvgIpc) is 2.95. The van der Waals surface area contributed by atoms with Gasteiger partial charge in [0.2, 0.25) is 11.8 Å². The second-order valence-electron chi connectivity index (χ2n) is 10.3. The van der Waals surface area contributed by atoms with Gasteiger partial charge in [0.05, 0.1) is 10.6 Å². The molecule has 0 spiro atoms.